The first kappa shape index (κ1) is 17.4. The summed E-state index contributed by atoms with van der Waals surface area (Å²) in [5, 5.41) is 5.80. The third-order valence-electron chi connectivity index (χ3n) is 4.33. The first-order valence-electron chi connectivity index (χ1n) is 8.58. The van der Waals surface area contributed by atoms with Crippen molar-refractivity contribution in [3.8, 4) is 10.6 Å². The maximum Gasteiger partial charge on any atom is 0.254 e. The highest BCUT2D eigenvalue weighted by atomic mass is 32.1. The summed E-state index contributed by atoms with van der Waals surface area (Å²) >= 11 is 1.60. The van der Waals surface area contributed by atoms with E-state index >= 15 is 0 Å². The highest BCUT2D eigenvalue weighted by Crippen LogP contribution is 2.28. The fraction of sp³-hybridized carbons (Fsp3) is 0.0909. The van der Waals surface area contributed by atoms with E-state index in [0.717, 1.165) is 27.0 Å². The van der Waals surface area contributed by atoms with Gasteiger partial charge in [0.15, 0.2) is 6.23 Å². The van der Waals surface area contributed by atoms with E-state index in [0.29, 0.717) is 5.56 Å². The van der Waals surface area contributed by atoms with E-state index in [-0.39, 0.29) is 5.91 Å². The molecule has 1 N–H and O–H groups in total. The van der Waals surface area contributed by atoms with Crippen LogP contribution in [0, 0.1) is 0 Å². The van der Waals surface area contributed by atoms with Crippen LogP contribution in [0.5, 0.6) is 0 Å². The molecule has 0 aliphatic heterocycles. The van der Waals surface area contributed by atoms with Crippen LogP contribution < -0.4 is 5.32 Å². The van der Waals surface area contributed by atoms with E-state index < -0.39 is 6.23 Å². The second-order valence-corrected chi connectivity index (χ2v) is 7.00. The molecular formula is C22H18N2O2S. The molecule has 0 saturated carbocycles. The van der Waals surface area contributed by atoms with Gasteiger partial charge in [0.25, 0.3) is 5.91 Å². The molecule has 27 heavy (non-hydrogen) atoms. The third kappa shape index (κ3) is 3.60. The number of rotatable bonds is 5. The number of hydrogen-bond donors (Lipinski definition) is 1. The van der Waals surface area contributed by atoms with Crippen LogP contribution in [0.4, 0.5) is 0 Å². The van der Waals surface area contributed by atoms with Gasteiger partial charge in [0.1, 0.15) is 0 Å². The molecule has 4 nitrogen and oxygen atoms in total. The summed E-state index contributed by atoms with van der Waals surface area (Å²) in [6, 6.07) is 23.1. The average molecular weight is 374 g/mol. The molecule has 2 aromatic heterocycles. The molecule has 0 saturated heterocycles. The van der Waals surface area contributed by atoms with Crippen molar-refractivity contribution in [2.75, 3.05) is 7.11 Å². The molecule has 5 heteroatoms. The van der Waals surface area contributed by atoms with Gasteiger partial charge in [-0.2, -0.15) is 0 Å². The van der Waals surface area contributed by atoms with Crippen molar-refractivity contribution in [2.45, 2.75) is 6.23 Å². The number of amides is 1. The van der Waals surface area contributed by atoms with Crippen molar-refractivity contribution in [2.24, 2.45) is 0 Å². The van der Waals surface area contributed by atoms with E-state index in [1.807, 2.05) is 78.2 Å². The van der Waals surface area contributed by atoms with Gasteiger partial charge in [0, 0.05) is 18.1 Å². The van der Waals surface area contributed by atoms with Crippen molar-refractivity contribution in [3.05, 3.63) is 89.3 Å². The molecule has 1 atom stereocenters. The number of benzene rings is 2. The van der Waals surface area contributed by atoms with E-state index in [9.17, 15) is 4.79 Å². The van der Waals surface area contributed by atoms with Crippen molar-refractivity contribution in [3.63, 3.8) is 0 Å². The second kappa shape index (κ2) is 7.70. The highest BCUT2D eigenvalue weighted by molar-refractivity contribution is 7.13. The Kier molecular flexibility index (Phi) is 4.96. The lowest BCUT2D eigenvalue weighted by molar-refractivity contribution is 0.0576. The number of para-hydroxylation sites is 1. The second-order valence-electron chi connectivity index (χ2n) is 6.05. The number of aromatic nitrogens is 1. The van der Waals surface area contributed by atoms with Crippen molar-refractivity contribution in [1.29, 1.82) is 0 Å². The maximum atomic E-state index is 13.1. The first-order valence-corrected chi connectivity index (χ1v) is 9.46. The number of thiophene rings is 1. The fourth-order valence-electron chi connectivity index (χ4n) is 3.02. The van der Waals surface area contributed by atoms with Crippen LogP contribution in [-0.4, -0.2) is 18.0 Å². The van der Waals surface area contributed by atoms with Crippen LogP contribution >= 0.6 is 11.3 Å². The van der Waals surface area contributed by atoms with Crippen LogP contribution in [0.1, 0.15) is 22.1 Å². The minimum absolute atomic E-state index is 0.192. The highest BCUT2D eigenvalue weighted by Gasteiger charge is 2.18. The molecule has 1 amide bonds. The van der Waals surface area contributed by atoms with Crippen LogP contribution in [-0.2, 0) is 4.74 Å². The quantitative estimate of drug-likeness (QED) is 0.498. The Bertz CT molecular complexity index is 1060. The van der Waals surface area contributed by atoms with Crippen LogP contribution in [0.15, 0.2) is 78.2 Å². The summed E-state index contributed by atoms with van der Waals surface area (Å²) in [4.78, 5) is 18.9. The van der Waals surface area contributed by atoms with E-state index in [1.54, 1.807) is 18.4 Å². The normalized spacial score (nSPS) is 12.0. The number of fused-ring (bicyclic) bond motifs is 1. The van der Waals surface area contributed by atoms with Crippen molar-refractivity contribution < 1.29 is 9.53 Å². The van der Waals surface area contributed by atoms with Gasteiger partial charge in [0.05, 0.1) is 21.7 Å². The standard InChI is InChI=1S/C22H18N2O2S/c1-26-22(15-8-3-2-4-9-15)24-21(25)17-14-19(20-12-7-13-27-20)23-18-11-6-5-10-16(17)18/h2-14,22H,1H3,(H,24,25). The topological polar surface area (TPSA) is 51.2 Å². The zero-order valence-corrected chi connectivity index (χ0v) is 15.6. The number of carbonyl (C=O) groups is 1. The van der Waals surface area contributed by atoms with E-state index in [2.05, 4.69) is 5.32 Å². The monoisotopic (exact) mass is 374 g/mol. The van der Waals surface area contributed by atoms with Crippen LogP contribution in [0.3, 0.4) is 0 Å². The average Bonchev–Trinajstić information content (AvgIpc) is 3.26. The van der Waals surface area contributed by atoms with Crippen LogP contribution in [0.25, 0.3) is 21.5 Å². The lowest BCUT2D eigenvalue weighted by Gasteiger charge is -2.18. The first-order chi connectivity index (χ1) is 13.3. The van der Waals surface area contributed by atoms with Crippen molar-refractivity contribution in [1.82, 2.24) is 10.3 Å². The number of nitrogens with one attached hydrogen (secondary N) is 1. The van der Waals surface area contributed by atoms with Gasteiger partial charge in [0.2, 0.25) is 0 Å². The molecule has 0 radical (unpaired) electrons. The lowest BCUT2D eigenvalue weighted by atomic mass is 10.1. The van der Waals surface area contributed by atoms with Gasteiger partial charge in [-0.15, -0.1) is 11.3 Å². The molecule has 1 unspecified atom stereocenters. The lowest BCUT2D eigenvalue weighted by Crippen LogP contribution is -2.30. The number of carbonyl (C=O) groups excluding carboxylic acids is 1. The Morgan fingerprint density at radius 1 is 1.04 bits per heavy atom. The Hall–Kier alpha value is -3.02. The van der Waals surface area contributed by atoms with Crippen LogP contribution in [0.2, 0.25) is 0 Å². The van der Waals surface area contributed by atoms with Crippen molar-refractivity contribution >= 4 is 28.1 Å². The maximum absolute atomic E-state index is 13.1. The largest absolute Gasteiger partial charge is 0.357 e. The Balaban J connectivity index is 1.74. The molecule has 0 aliphatic carbocycles. The zero-order valence-electron chi connectivity index (χ0n) is 14.8. The van der Waals surface area contributed by atoms with E-state index in [4.69, 9.17) is 9.72 Å². The zero-order chi connectivity index (χ0) is 18.6. The Labute approximate surface area is 161 Å². The molecule has 0 fully saturated rings. The van der Waals surface area contributed by atoms with Gasteiger partial charge in [-0.3, -0.25) is 4.79 Å². The number of pyridine rings is 1. The van der Waals surface area contributed by atoms with Gasteiger partial charge < -0.3 is 10.1 Å². The summed E-state index contributed by atoms with van der Waals surface area (Å²) in [6.45, 7) is 0. The summed E-state index contributed by atoms with van der Waals surface area (Å²) in [5.74, 6) is -0.192. The Morgan fingerprint density at radius 3 is 2.56 bits per heavy atom. The predicted molar refractivity (Wildman–Crippen MR) is 109 cm³/mol. The van der Waals surface area contributed by atoms with Gasteiger partial charge in [-0.25, -0.2) is 4.98 Å². The summed E-state index contributed by atoms with van der Waals surface area (Å²) < 4.78 is 5.50. The SMILES string of the molecule is COC(NC(=O)c1cc(-c2cccs2)nc2ccccc12)c1ccccc1. The summed E-state index contributed by atoms with van der Waals surface area (Å²) in [7, 11) is 1.58. The minimum Gasteiger partial charge on any atom is -0.357 e. The van der Waals surface area contributed by atoms with E-state index in [1.165, 1.54) is 0 Å². The molecule has 0 spiro atoms. The number of ether oxygens (including phenoxy) is 1. The van der Waals surface area contributed by atoms with Gasteiger partial charge in [-0.1, -0.05) is 54.6 Å². The Morgan fingerprint density at radius 2 is 1.81 bits per heavy atom. The molecule has 4 aromatic rings. The molecule has 134 valence electrons. The molecule has 0 bridgehead atoms. The molecule has 0 aliphatic rings. The minimum atomic E-state index is -0.518. The smallest absolute Gasteiger partial charge is 0.254 e. The molecular weight excluding hydrogens is 356 g/mol. The summed E-state index contributed by atoms with van der Waals surface area (Å²) in [5.41, 5.74) is 3.07. The van der Waals surface area contributed by atoms with Gasteiger partial charge in [-0.05, 0) is 23.6 Å². The number of methoxy groups -OCH3 is 1. The molecule has 2 heterocycles. The fourth-order valence-corrected chi connectivity index (χ4v) is 3.70. The number of hydrogen-bond acceptors (Lipinski definition) is 4. The third-order valence-corrected chi connectivity index (χ3v) is 5.23. The number of nitrogens with zero attached hydrogens (tertiary/aromatic N) is 1. The van der Waals surface area contributed by atoms with Gasteiger partial charge >= 0.3 is 0 Å². The summed E-state index contributed by atoms with van der Waals surface area (Å²) in [6.07, 6.45) is -0.518. The molecule has 4 rings (SSSR count). The molecule has 2 aromatic carbocycles. The predicted octanol–water partition coefficient (Wildman–Crippen LogP) is 5.04.